The molecular weight excluding hydrogens is 631 g/mol. The highest BCUT2D eigenvalue weighted by Gasteiger charge is 2.35. The van der Waals surface area contributed by atoms with Crippen LogP contribution in [0.5, 0.6) is 23.0 Å². The molecule has 0 radical (unpaired) electrons. The Kier molecular flexibility index (Phi) is 6.46. The summed E-state index contributed by atoms with van der Waals surface area (Å²) in [6.45, 7) is 0. The smallest absolute Gasteiger partial charge is 0.177 e. The van der Waals surface area contributed by atoms with Crippen LogP contribution in [0.3, 0.4) is 0 Å². The molecule has 0 spiro atoms. The fourth-order valence-corrected chi connectivity index (χ4v) is 10.8. The number of fused-ring (bicyclic) bond motifs is 8. The molecule has 236 valence electrons. The Morgan fingerprint density at radius 1 is 0.380 bits per heavy atom. The number of hydrogen-bond acceptors (Lipinski definition) is 3. The summed E-state index contributed by atoms with van der Waals surface area (Å²) in [4.78, 5) is 0. The molecule has 0 unspecified atom stereocenters. The van der Waals surface area contributed by atoms with Gasteiger partial charge in [-0.1, -0.05) is 164 Å². The lowest BCUT2D eigenvalue weighted by molar-refractivity contribution is 0.367. The van der Waals surface area contributed by atoms with Crippen molar-refractivity contribution in [1.82, 2.24) is 0 Å². The molecule has 9 aromatic rings. The predicted molar refractivity (Wildman–Crippen MR) is 208 cm³/mol. The molecule has 0 aromatic heterocycles. The Labute approximate surface area is 289 Å². The van der Waals surface area contributed by atoms with Crippen LogP contribution < -0.4 is 25.4 Å². The van der Waals surface area contributed by atoms with Gasteiger partial charge in [-0.15, -0.1) is 0 Å². The van der Waals surface area contributed by atoms with Crippen molar-refractivity contribution in [3.05, 3.63) is 176 Å². The van der Waals surface area contributed by atoms with Crippen molar-refractivity contribution in [2.75, 3.05) is 0 Å². The van der Waals surface area contributed by atoms with Crippen molar-refractivity contribution >= 4 is 66.1 Å². The van der Waals surface area contributed by atoms with Crippen LogP contribution in [0.4, 0.5) is 0 Å². The molecule has 0 N–H and O–H groups in total. The van der Waals surface area contributed by atoms with E-state index in [2.05, 4.69) is 91.0 Å². The molecule has 4 heteroatoms. The molecule has 9 aromatic carbocycles. The van der Waals surface area contributed by atoms with Crippen molar-refractivity contribution in [2.45, 2.75) is 0 Å². The Hall–Kier alpha value is -6.15. The first-order chi connectivity index (χ1) is 24.7. The van der Waals surface area contributed by atoms with E-state index in [-0.39, 0.29) is 0 Å². The first kappa shape index (κ1) is 28.8. The third-order valence-corrected chi connectivity index (χ3v) is 13.1. The second-order valence-electron chi connectivity index (χ2n) is 12.7. The van der Waals surface area contributed by atoms with Crippen LogP contribution in [0.15, 0.2) is 176 Å². The fourth-order valence-electron chi connectivity index (χ4n) is 7.76. The maximum atomic E-state index is 16.1. The molecule has 0 atom stereocenters. The van der Waals surface area contributed by atoms with Gasteiger partial charge in [-0.3, -0.25) is 0 Å². The normalized spacial score (nSPS) is 12.4. The molecule has 1 aliphatic heterocycles. The van der Waals surface area contributed by atoms with Crippen molar-refractivity contribution in [3.63, 3.8) is 0 Å². The van der Waals surface area contributed by atoms with Gasteiger partial charge in [0.1, 0.15) is 0 Å². The molecule has 0 saturated carbocycles. The summed E-state index contributed by atoms with van der Waals surface area (Å²) >= 11 is 0. The topological polar surface area (TPSA) is 35.5 Å². The number of hydrogen-bond donors (Lipinski definition) is 0. The van der Waals surface area contributed by atoms with Gasteiger partial charge in [-0.25, -0.2) is 0 Å². The van der Waals surface area contributed by atoms with E-state index in [9.17, 15) is 0 Å². The van der Waals surface area contributed by atoms with E-state index in [4.69, 9.17) is 9.47 Å². The minimum atomic E-state index is -3.35. The molecule has 3 nitrogen and oxygen atoms in total. The molecule has 1 heterocycles. The second-order valence-corrected chi connectivity index (χ2v) is 15.4. The summed E-state index contributed by atoms with van der Waals surface area (Å²) in [6.07, 6.45) is 0. The molecule has 0 bridgehead atoms. The average Bonchev–Trinajstić information content (AvgIpc) is 3.19. The van der Waals surface area contributed by atoms with Crippen LogP contribution in [0.1, 0.15) is 0 Å². The van der Waals surface area contributed by atoms with Crippen molar-refractivity contribution in [1.29, 1.82) is 0 Å². The summed E-state index contributed by atoms with van der Waals surface area (Å²) < 4.78 is 29.6. The second kappa shape index (κ2) is 11.2. The van der Waals surface area contributed by atoms with E-state index in [1.807, 2.05) is 84.9 Å². The lowest BCUT2D eigenvalue weighted by atomic mass is 9.88. The van der Waals surface area contributed by atoms with Gasteiger partial charge in [0, 0.05) is 26.7 Å². The van der Waals surface area contributed by atoms with E-state index in [0.29, 0.717) is 23.0 Å². The quantitative estimate of drug-likeness (QED) is 0.139. The Morgan fingerprint density at radius 3 is 1.46 bits per heavy atom. The molecule has 0 aliphatic carbocycles. The van der Waals surface area contributed by atoms with Gasteiger partial charge in [0.15, 0.2) is 30.1 Å². The van der Waals surface area contributed by atoms with Gasteiger partial charge in [0.05, 0.1) is 0 Å². The largest absolute Gasteiger partial charge is 0.449 e. The Balaban J connectivity index is 1.31. The molecule has 10 rings (SSSR count). The summed E-state index contributed by atoms with van der Waals surface area (Å²) in [6, 6.07) is 59.5. The van der Waals surface area contributed by atoms with Gasteiger partial charge in [-0.2, -0.15) is 0 Å². The number of ether oxygens (including phenoxy) is 2. The van der Waals surface area contributed by atoms with Crippen molar-refractivity contribution in [2.24, 2.45) is 0 Å². The van der Waals surface area contributed by atoms with E-state index in [0.717, 1.165) is 70.1 Å². The lowest BCUT2D eigenvalue weighted by Crippen LogP contribution is -2.26. The van der Waals surface area contributed by atoms with E-state index in [1.165, 1.54) is 0 Å². The third-order valence-electron chi connectivity index (χ3n) is 9.96. The van der Waals surface area contributed by atoms with Crippen LogP contribution in [0.2, 0.25) is 0 Å². The Morgan fingerprint density at radius 2 is 0.840 bits per heavy atom. The Bertz CT molecular complexity index is 2740. The lowest BCUT2D eigenvalue weighted by Gasteiger charge is -2.27. The molecule has 0 amide bonds. The van der Waals surface area contributed by atoms with Crippen molar-refractivity contribution in [3.8, 4) is 34.1 Å². The van der Waals surface area contributed by atoms with Crippen LogP contribution in [0, 0.1) is 0 Å². The maximum absolute atomic E-state index is 16.1. The third kappa shape index (κ3) is 4.21. The molecule has 1 aliphatic rings. The zero-order valence-electron chi connectivity index (χ0n) is 26.9. The van der Waals surface area contributed by atoms with Crippen LogP contribution in [-0.4, -0.2) is 0 Å². The fraction of sp³-hybridized carbons (Fsp3) is 0. The van der Waals surface area contributed by atoms with Gasteiger partial charge in [0.25, 0.3) is 0 Å². The average molecular weight is 661 g/mol. The van der Waals surface area contributed by atoms with Gasteiger partial charge in [-0.05, 0) is 55.6 Å². The molecule has 50 heavy (non-hydrogen) atoms. The maximum Gasteiger partial charge on any atom is 0.177 e. The first-order valence-electron chi connectivity index (χ1n) is 16.8. The summed E-state index contributed by atoms with van der Waals surface area (Å²) in [5.74, 6) is 2.79. The molecule has 0 saturated heterocycles. The zero-order chi connectivity index (χ0) is 33.2. The molecular formula is C46H29O3P. The van der Waals surface area contributed by atoms with Crippen LogP contribution in [-0.2, 0) is 4.57 Å². The van der Waals surface area contributed by atoms with E-state index < -0.39 is 7.14 Å². The molecule has 0 fully saturated rings. The van der Waals surface area contributed by atoms with Crippen LogP contribution >= 0.6 is 7.14 Å². The van der Waals surface area contributed by atoms with Gasteiger partial charge in [0.2, 0.25) is 0 Å². The predicted octanol–water partition coefficient (Wildman–Crippen LogP) is 11.5. The monoisotopic (exact) mass is 660 g/mol. The SMILES string of the molecule is O=P(c1ccccc1)(c1ccccc1)c1c2ccccc2c(-c2cc3c(c4ccccc24)Oc2ccc4ccccc4c2O3)c2ccccc12. The minimum absolute atomic E-state index is 0.666. The summed E-state index contributed by atoms with van der Waals surface area (Å²) in [5.41, 5.74) is 2.10. The van der Waals surface area contributed by atoms with Crippen LogP contribution in [0.25, 0.3) is 54.2 Å². The summed E-state index contributed by atoms with van der Waals surface area (Å²) in [7, 11) is -3.35. The number of rotatable bonds is 4. The standard InChI is InChI=1S/C46H29O3P/c47-50(31-16-3-1-4-17-31,32-18-5-2-6-19-32)46-38-25-13-10-22-35(38)43(36-23-11-14-26-39(36)46)40-29-42-45(37-24-12-9-21-34(37)40)48-41-28-27-30-15-7-8-20-33(30)44(41)49-42/h1-29H. The zero-order valence-corrected chi connectivity index (χ0v) is 27.8. The van der Waals surface area contributed by atoms with Gasteiger partial charge < -0.3 is 14.0 Å². The van der Waals surface area contributed by atoms with Crippen molar-refractivity contribution < 1.29 is 14.0 Å². The minimum Gasteiger partial charge on any atom is -0.449 e. The van der Waals surface area contributed by atoms with E-state index >= 15 is 4.57 Å². The highest BCUT2D eigenvalue weighted by molar-refractivity contribution is 7.86. The van der Waals surface area contributed by atoms with E-state index in [1.54, 1.807) is 0 Å². The highest BCUT2D eigenvalue weighted by Crippen LogP contribution is 2.55. The number of benzene rings is 9. The first-order valence-corrected chi connectivity index (χ1v) is 18.5. The summed E-state index contributed by atoms with van der Waals surface area (Å²) in [5, 5.41) is 10.6. The van der Waals surface area contributed by atoms with Gasteiger partial charge >= 0.3 is 0 Å². The highest BCUT2D eigenvalue weighted by atomic mass is 31.2.